The molecule has 0 saturated heterocycles. The molecule has 3 aliphatic heterocycles. The fourth-order valence-electron chi connectivity index (χ4n) is 4.58. The van der Waals surface area contributed by atoms with Crippen molar-refractivity contribution in [2.75, 3.05) is 4.90 Å². The first-order valence-electron chi connectivity index (χ1n) is 9.01. The Morgan fingerprint density at radius 3 is 2.50 bits per heavy atom. The van der Waals surface area contributed by atoms with Gasteiger partial charge in [-0.15, -0.1) is 0 Å². The fourth-order valence-corrected chi connectivity index (χ4v) is 4.58. The quantitative estimate of drug-likeness (QED) is 0.717. The van der Waals surface area contributed by atoms with Gasteiger partial charge in [0.1, 0.15) is 6.17 Å². The number of para-hydroxylation sites is 1. The van der Waals surface area contributed by atoms with Crippen LogP contribution in [0.3, 0.4) is 0 Å². The van der Waals surface area contributed by atoms with Crippen molar-refractivity contribution < 1.29 is 0 Å². The molecule has 0 N–H and O–H groups in total. The lowest BCUT2D eigenvalue weighted by atomic mass is 9.86. The SMILES string of the molecule is CCC1=CC(CC)N2C=CN3c4ccccc4-c4cccc1c4C32. The van der Waals surface area contributed by atoms with Gasteiger partial charge < -0.3 is 9.80 Å². The molecular weight excluding hydrogens is 292 g/mol. The number of allylic oxidation sites excluding steroid dienone is 1. The summed E-state index contributed by atoms with van der Waals surface area (Å²) in [5.74, 6) is 0. The highest BCUT2D eigenvalue weighted by Crippen LogP contribution is 2.52. The molecule has 2 heteroatoms. The molecule has 3 aliphatic rings. The summed E-state index contributed by atoms with van der Waals surface area (Å²) < 4.78 is 0. The number of anilines is 1. The average molecular weight is 314 g/mol. The Morgan fingerprint density at radius 1 is 0.875 bits per heavy atom. The Hall–Kier alpha value is -2.48. The summed E-state index contributed by atoms with van der Waals surface area (Å²) in [4.78, 5) is 5.00. The maximum Gasteiger partial charge on any atom is 0.133 e. The fraction of sp³-hybridized carbons (Fsp3) is 0.273. The second kappa shape index (κ2) is 5.01. The Balaban J connectivity index is 1.86. The summed E-state index contributed by atoms with van der Waals surface area (Å²) in [7, 11) is 0. The molecule has 2 nitrogen and oxygen atoms in total. The number of rotatable bonds is 2. The molecule has 3 heterocycles. The zero-order valence-corrected chi connectivity index (χ0v) is 14.2. The molecule has 120 valence electrons. The second-order valence-electron chi connectivity index (χ2n) is 6.83. The minimum Gasteiger partial charge on any atom is -0.345 e. The van der Waals surface area contributed by atoms with E-state index < -0.39 is 0 Å². The molecule has 0 aromatic heterocycles. The largest absolute Gasteiger partial charge is 0.345 e. The van der Waals surface area contributed by atoms with Crippen molar-refractivity contribution in [2.24, 2.45) is 0 Å². The number of hydrogen-bond donors (Lipinski definition) is 0. The zero-order valence-electron chi connectivity index (χ0n) is 14.2. The zero-order chi connectivity index (χ0) is 16.3. The van der Waals surface area contributed by atoms with Crippen LogP contribution in [0.1, 0.15) is 44.0 Å². The first-order chi connectivity index (χ1) is 11.8. The van der Waals surface area contributed by atoms with Crippen molar-refractivity contribution in [3.8, 4) is 11.1 Å². The summed E-state index contributed by atoms with van der Waals surface area (Å²) in [5, 5.41) is 0. The molecule has 2 aromatic rings. The summed E-state index contributed by atoms with van der Waals surface area (Å²) in [6.45, 7) is 4.57. The molecule has 0 amide bonds. The number of hydrogen-bond acceptors (Lipinski definition) is 2. The van der Waals surface area contributed by atoms with Crippen LogP contribution in [0.5, 0.6) is 0 Å². The van der Waals surface area contributed by atoms with Gasteiger partial charge in [0.15, 0.2) is 0 Å². The van der Waals surface area contributed by atoms with E-state index in [4.69, 9.17) is 0 Å². The minimum absolute atomic E-state index is 0.288. The van der Waals surface area contributed by atoms with E-state index in [0.29, 0.717) is 6.04 Å². The molecule has 2 unspecified atom stereocenters. The van der Waals surface area contributed by atoms with Crippen LogP contribution in [0.4, 0.5) is 5.69 Å². The van der Waals surface area contributed by atoms with Crippen LogP contribution in [0.2, 0.25) is 0 Å². The molecule has 0 spiro atoms. The second-order valence-corrected chi connectivity index (χ2v) is 6.83. The molecule has 0 aliphatic carbocycles. The monoisotopic (exact) mass is 314 g/mol. The van der Waals surface area contributed by atoms with E-state index >= 15 is 0 Å². The van der Waals surface area contributed by atoms with E-state index in [1.807, 2.05) is 0 Å². The molecule has 0 fully saturated rings. The third-order valence-corrected chi connectivity index (χ3v) is 5.70. The van der Waals surface area contributed by atoms with Gasteiger partial charge >= 0.3 is 0 Å². The topological polar surface area (TPSA) is 6.48 Å². The van der Waals surface area contributed by atoms with Gasteiger partial charge in [0, 0.05) is 29.6 Å². The average Bonchev–Trinajstić information content (AvgIpc) is 3.02. The van der Waals surface area contributed by atoms with Gasteiger partial charge in [0.25, 0.3) is 0 Å². The third-order valence-electron chi connectivity index (χ3n) is 5.70. The molecule has 2 aromatic carbocycles. The first kappa shape index (κ1) is 13.9. The van der Waals surface area contributed by atoms with Gasteiger partial charge in [-0.05, 0) is 35.6 Å². The maximum atomic E-state index is 2.54. The lowest BCUT2D eigenvalue weighted by Gasteiger charge is -2.41. The molecular formula is C22H22N2. The van der Waals surface area contributed by atoms with E-state index in [9.17, 15) is 0 Å². The van der Waals surface area contributed by atoms with Crippen molar-refractivity contribution in [1.82, 2.24) is 4.90 Å². The van der Waals surface area contributed by atoms with Crippen molar-refractivity contribution in [3.05, 3.63) is 72.1 Å². The van der Waals surface area contributed by atoms with E-state index in [0.717, 1.165) is 12.8 Å². The molecule has 0 radical (unpaired) electrons. The summed E-state index contributed by atoms with van der Waals surface area (Å²) in [6.07, 6.45) is 9.54. The Bertz CT molecular complexity index is 877. The van der Waals surface area contributed by atoms with Crippen molar-refractivity contribution in [1.29, 1.82) is 0 Å². The molecule has 24 heavy (non-hydrogen) atoms. The number of fused-ring (bicyclic) bond motifs is 3. The Labute approximate surface area is 143 Å². The van der Waals surface area contributed by atoms with Gasteiger partial charge in [0.2, 0.25) is 0 Å². The van der Waals surface area contributed by atoms with Gasteiger partial charge in [-0.3, -0.25) is 0 Å². The smallest absolute Gasteiger partial charge is 0.133 e. The molecule has 0 saturated carbocycles. The standard InChI is InChI=1S/C22H22N2/c1-3-15-14-16(4-2)23-12-13-24-20-11-6-5-8-18(20)19-10-7-9-17(15)21(19)22(23)24/h5-14,16,22H,3-4H2,1-2H3. The highest BCUT2D eigenvalue weighted by atomic mass is 15.4. The van der Waals surface area contributed by atoms with E-state index in [1.165, 1.54) is 33.5 Å². The van der Waals surface area contributed by atoms with Crippen molar-refractivity contribution >= 4 is 11.3 Å². The number of nitrogens with zero attached hydrogens (tertiary/aromatic N) is 2. The summed E-state index contributed by atoms with van der Waals surface area (Å²) in [5.41, 5.74) is 8.47. The Kier molecular flexibility index (Phi) is 2.90. The Morgan fingerprint density at radius 2 is 1.67 bits per heavy atom. The van der Waals surface area contributed by atoms with Gasteiger partial charge in [-0.25, -0.2) is 0 Å². The lowest BCUT2D eigenvalue weighted by molar-refractivity contribution is 0.255. The molecule has 2 atom stereocenters. The van der Waals surface area contributed by atoms with Crippen LogP contribution in [0, 0.1) is 0 Å². The highest BCUT2D eigenvalue weighted by Gasteiger charge is 2.41. The number of benzene rings is 2. The van der Waals surface area contributed by atoms with Gasteiger partial charge in [0.05, 0.1) is 5.69 Å². The summed E-state index contributed by atoms with van der Waals surface area (Å²) in [6, 6.07) is 16.1. The van der Waals surface area contributed by atoms with E-state index in [-0.39, 0.29) is 6.17 Å². The first-order valence-corrected chi connectivity index (χ1v) is 9.01. The summed E-state index contributed by atoms with van der Waals surface area (Å²) >= 11 is 0. The highest BCUT2D eigenvalue weighted by molar-refractivity contribution is 5.90. The van der Waals surface area contributed by atoms with Crippen LogP contribution in [-0.4, -0.2) is 10.9 Å². The van der Waals surface area contributed by atoms with Crippen LogP contribution >= 0.6 is 0 Å². The molecule has 0 bridgehead atoms. The lowest BCUT2D eigenvalue weighted by Crippen LogP contribution is -2.37. The van der Waals surface area contributed by atoms with Gasteiger partial charge in [-0.1, -0.05) is 56.3 Å². The van der Waals surface area contributed by atoms with Crippen LogP contribution in [0.25, 0.3) is 16.7 Å². The molecule has 5 rings (SSSR count). The van der Waals surface area contributed by atoms with Crippen LogP contribution < -0.4 is 4.90 Å². The van der Waals surface area contributed by atoms with E-state index in [1.54, 1.807) is 0 Å². The third kappa shape index (κ3) is 1.66. The predicted octanol–water partition coefficient (Wildman–Crippen LogP) is 5.54. The van der Waals surface area contributed by atoms with E-state index in [2.05, 4.69) is 84.6 Å². The van der Waals surface area contributed by atoms with Crippen LogP contribution in [0.15, 0.2) is 60.9 Å². The minimum atomic E-state index is 0.288. The normalized spacial score (nSPS) is 22.8. The van der Waals surface area contributed by atoms with Gasteiger partial charge in [-0.2, -0.15) is 0 Å². The van der Waals surface area contributed by atoms with Crippen molar-refractivity contribution in [3.63, 3.8) is 0 Å². The predicted molar refractivity (Wildman–Crippen MR) is 100 cm³/mol. The van der Waals surface area contributed by atoms with Crippen molar-refractivity contribution in [2.45, 2.75) is 38.9 Å². The van der Waals surface area contributed by atoms with Crippen LogP contribution in [-0.2, 0) is 0 Å². The maximum absolute atomic E-state index is 2.54.